The van der Waals surface area contributed by atoms with Crippen molar-refractivity contribution < 1.29 is 22.8 Å². The Morgan fingerprint density at radius 1 is 1.14 bits per heavy atom. The molecular formula is C25H26F3IN4O2S. The molecule has 3 rings (SSSR count). The van der Waals surface area contributed by atoms with Gasteiger partial charge < -0.3 is 10.6 Å². The molecule has 1 heterocycles. The maximum atomic E-state index is 13.2. The second-order valence-electron chi connectivity index (χ2n) is 8.42. The SMILES string of the molecule is CSC[C@H](C)NC(=O)c1c(I)cccc1C(=O)Nc1ccc(Cn2nc(C(F)(F)F)cc2C)cc1C. The van der Waals surface area contributed by atoms with E-state index in [0.29, 0.717) is 20.5 Å². The number of amides is 2. The van der Waals surface area contributed by atoms with Crippen molar-refractivity contribution in [3.05, 3.63) is 79.7 Å². The fourth-order valence-corrected chi connectivity index (χ4v) is 4.99. The van der Waals surface area contributed by atoms with Crippen molar-refractivity contribution in [2.24, 2.45) is 0 Å². The molecule has 3 aromatic rings. The van der Waals surface area contributed by atoms with E-state index in [9.17, 15) is 22.8 Å². The van der Waals surface area contributed by atoms with E-state index in [1.54, 1.807) is 62.0 Å². The van der Waals surface area contributed by atoms with E-state index in [2.05, 4.69) is 15.7 Å². The number of anilines is 1. The number of thioether (sulfide) groups is 1. The molecule has 1 aromatic heterocycles. The van der Waals surface area contributed by atoms with Crippen molar-refractivity contribution in [2.75, 3.05) is 17.3 Å². The molecule has 0 unspecified atom stereocenters. The van der Waals surface area contributed by atoms with Crippen LogP contribution in [0.2, 0.25) is 0 Å². The van der Waals surface area contributed by atoms with E-state index in [0.717, 1.165) is 22.9 Å². The maximum Gasteiger partial charge on any atom is 0.435 e. The summed E-state index contributed by atoms with van der Waals surface area (Å²) in [6, 6.07) is 11.3. The van der Waals surface area contributed by atoms with Crippen LogP contribution < -0.4 is 10.6 Å². The summed E-state index contributed by atoms with van der Waals surface area (Å²) >= 11 is 3.66. The number of carbonyl (C=O) groups is 2. The van der Waals surface area contributed by atoms with Crippen LogP contribution in [0.15, 0.2) is 42.5 Å². The second-order valence-corrected chi connectivity index (χ2v) is 10.5. The third kappa shape index (κ3) is 6.81. The highest BCUT2D eigenvalue weighted by Gasteiger charge is 2.34. The van der Waals surface area contributed by atoms with Gasteiger partial charge in [0.05, 0.1) is 17.7 Å². The number of carbonyl (C=O) groups excluding carboxylic acids is 2. The fraction of sp³-hybridized carbons (Fsp3) is 0.320. The molecule has 0 aliphatic carbocycles. The lowest BCUT2D eigenvalue weighted by molar-refractivity contribution is -0.141. The first-order valence-electron chi connectivity index (χ1n) is 11.0. The van der Waals surface area contributed by atoms with Crippen molar-refractivity contribution in [3.63, 3.8) is 0 Å². The van der Waals surface area contributed by atoms with Gasteiger partial charge in [0, 0.05) is 26.7 Å². The molecule has 0 fully saturated rings. The highest BCUT2D eigenvalue weighted by molar-refractivity contribution is 14.1. The van der Waals surface area contributed by atoms with E-state index in [1.807, 2.05) is 35.8 Å². The van der Waals surface area contributed by atoms with E-state index in [1.165, 1.54) is 4.68 Å². The van der Waals surface area contributed by atoms with Gasteiger partial charge in [-0.2, -0.15) is 30.0 Å². The number of aromatic nitrogens is 2. The highest BCUT2D eigenvalue weighted by atomic mass is 127. The Bertz CT molecular complexity index is 1280. The van der Waals surface area contributed by atoms with Crippen LogP contribution in [0.4, 0.5) is 18.9 Å². The number of alkyl halides is 3. The van der Waals surface area contributed by atoms with Gasteiger partial charge in [0.1, 0.15) is 0 Å². The van der Waals surface area contributed by atoms with Crippen LogP contribution in [0.3, 0.4) is 0 Å². The lowest BCUT2D eigenvalue weighted by Crippen LogP contribution is -2.36. The van der Waals surface area contributed by atoms with Crippen LogP contribution in [-0.2, 0) is 12.7 Å². The number of nitrogens with one attached hydrogen (secondary N) is 2. The number of benzene rings is 2. The fourth-order valence-electron chi connectivity index (χ4n) is 3.67. The summed E-state index contributed by atoms with van der Waals surface area (Å²) in [5.41, 5.74) is 2.04. The normalized spacial score (nSPS) is 12.3. The first kappa shape index (κ1) is 28.0. The molecule has 6 nitrogen and oxygen atoms in total. The Morgan fingerprint density at radius 3 is 2.47 bits per heavy atom. The second kappa shape index (κ2) is 11.7. The quantitative estimate of drug-likeness (QED) is 0.304. The Balaban J connectivity index is 1.79. The molecule has 0 spiro atoms. The number of halogens is 4. The van der Waals surface area contributed by atoms with Gasteiger partial charge in [0.15, 0.2) is 5.69 Å². The summed E-state index contributed by atoms with van der Waals surface area (Å²) in [5.74, 6) is 0.00834. The summed E-state index contributed by atoms with van der Waals surface area (Å²) in [6.45, 7) is 5.43. The van der Waals surface area contributed by atoms with Gasteiger partial charge in [-0.3, -0.25) is 14.3 Å². The Hall–Kier alpha value is -2.54. The molecule has 2 N–H and O–H groups in total. The molecule has 11 heteroatoms. The number of hydrogen-bond acceptors (Lipinski definition) is 4. The van der Waals surface area contributed by atoms with Gasteiger partial charge in [-0.1, -0.05) is 18.2 Å². The van der Waals surface area contributed by atoms with Gasteiger partial charge in [0.25, 0.3) is 11.8 Å². The van der Waals surface area contributed by atoms with Gasteiger partial charge in [-0.05, 0) is 85.0 Å². The van der Waals surface area contributed by atoms with Crippen molar-refractivity contribution in [1.82, 2.24) is 15.1 Å². The Kier molecular flexibility index (Phi) is 9.09. The molecular weight excluding hydrogens is 604 g/mol. The highest BCUT2D eigenvalue weighted by Crippen LogP contribution is 2.29. The van der Waals surface area contributed by atoms with Gasteiger partial charge >= 0.3 is 6.18 Å². The minimum Gasteiger partial charge on any atom is -0.349 e. The smallest absolute Gasteiger partial charge is 0.349 e. The van der Waals surface area contributed by atoms with Gasteiger partial charge in [-0.25, -0.2) is 0 Å². The van der Waals surface area contributed by atoms with E-state index in [-0.39, 0.29) is 24.1 Å². The van der Waals surface area contributed by atoms with Crippen molar-refractivity contribution in [3.8, 4) is 0 Å². The molecule has 0 aliphatic heterocycles. The lowest BCUT2D eigenvalue weighted by atomic mass is 10.0. The molecule has 192 valence electrons. The molecule has 0 bridgehead atoms. The number of aryl methyl sites for hydroxylation is 2. The zero-order chi connectivity index (χ0) is 26.6. The standard InChI is InChI=1S/C25H26F3IN4O2S/c1-14-10-17(12-33-16(3)11-21(32-33)25(26,27)28)8-9-20(14)31-23(34)18-6-5-7-19(29)22(18)24(35)30-15(2)13-36-4/h5-11,15H,12-13H2,1-4H3,(H,30,35)(H,31,34)/t15-/m0/s1. The molecule has 0 saturated carbocycles. The first-order valence-corrected chi connectivity index (χ1v) is 13.5. The molecule has 2 amide bonds. The summed E-state index contributed by atoms with van der Waals surface area (Å²) in [7, 11) is 0. The van der Waals surface area contributed by atoms with E-state index < -0.39 is 17.8 Å². The van der Waals surface area contributed by atoms with Gasteiger partial charge in [-0.15, -0.1) is 0 Å². The summed E-state index contributed by atoms with van der Waals surface area (Å²) < 4.78 is 40.8. The van der Waals surface area contributed by atoms with Crippen LogP contribution in [0.1, 0.15) is 50.2 Å². The zero-order valence-corrected chi connectivity index (χ0v) is 23.1. The third-order valence-electron chi connectivity index (χ3n) is 5.42. The van der Waals surface area contributed by atoms with Gasteiger partial charge in [0.2, 0.25) is 0 Å². The van der Waals surface area contributed by atoms with E-state index in [4.69, 9.17) is 0 Å². The largest absolute Gasteiger partial charge is 0.435 e. The minimum atomic E-state index is -4.50. The topological polar surface area (TPSA) is 76.0 Å². The Morgan fingerprint density at radius 2 is 1.86 bits per heavy atom. The monoisotopic (exact) mass is 630 g/mol. The summed E-state index contributed by atoms with van der Waals surface area (Å²) in [6.07, 6.45) is -2.55. The van der Waals surface area contributed by atoms with Crippen LogP contribution in [-0.4, -0.2) is 39.6 Å². The molecule has 0 radical (unpaired) electrons. The zero-order valence-electron chi connectivity index (χ0n) is 20.2. The van der Waals surface area contributed by atoms with Crippen molar-refractivity contribution in [2.45, 2.75) is 39.5 Å². The van der Waals surface area contributed by atoms with Crippen LogP contribution in [0.5, 0.6) is 0 Å². The number of hydrogen-bond donors (Lipinski definition) is 2. The summed E-state index contributed by atoms with van der Waals surface area (Å²) in [5, 5.41) is 9.45. The average molecular weight is 630 g/mol. The molecule has 36 heavy (non-hydrogen) atoms. The van der Waals surface area contributed by atoms with Crippen LogP contribution >= 0.6 is 34.4 Å². The number of rotatable bonds is 8. The van der Waals surface area contributed by atoms with Crippen molar-refractivity contribution in [1.29, 1.82) is 0 Å². The summed E-state index contributed by atoms with van der Waals surface area (Å²) in [4.78, 5) is 26.1. The maximum absolute atomic E-state index is 13.2. The van der Waals surface area contributed by atoms with Crippen molar-refractivity contribution >= 4 is 51.9 Å². The average Bonchev–Trinajstić information content (AvgIpc) is 3.16. The number of nitrogens with zero attached hydrogens (tertiary/aromatic N) is 2. The minimum absolute atomic E-state index is 0.0557. The molecule has 0 saturated heterocycles. The third-order valence-corrected chi connectivity index (χ3v) is 7.15. The molecule has 1 atom stereocenters. The predicted octanol–water partition coefficient (Wildman–Crippen LogP) is 5.91. The first-order chi connectivity index (χ1) is 16.9. The van der Waals surface area contributed by atoms with E-state index >= 15 is 0 Å². The molecule has 0 aliphatic rings. The predicted molar refractivity (Wildman–Crippen MR) is 145 cm³/mol. The van der Waals surface area contributed by atoms with Crippen LogP contribution in [0.25, 0.3) is 0 Å². The van der Waals surface area contributed by atoms with Crippen LogP contribution in [0, 0.1) is 17.4 Å². The molecule has 2 aromatic carbocycles. The Labute approximate surface area is 225 Å². The lowest BCUT2D eigenvalue weighted by Gasteiger charge is -2.16.